The summed E-state index contributed by atoms with van der Waals surface area (Å²) in [5, 5.41) is 3.19. The van der Waals surface area contributed by atoms with Crippen LogP contribution in [0.25, 0.3) is 0 Å². The van der Waals surface area contributed by atoms with Crippen molar-refractivity contribution in [3.8, 4) is 0 Å². The highest BCUT2D eigenvalue weighted by Gasteiger charge is 2.44. The number of benzene rings is 1. The topological polar surface area (TPSA) is 48.2 Å². The van der Waals surface area contributed by atoms with Crippen molar-refractivity contribution < 1.29 is 9.53 Å². The van der Waals surface area contributed by atoms with E-state index in [0.29, 0.717) is 0 Å². The van der Waals surface area contributed by atoms with Crippen LogP contribution in [-0.4, -0.2) is 23.7 Å². The van der Waals surface area contributed by atoms with Crippen molar-refractivity contribution in [2.45, 2.75) is 51.3 Å². The molecule has 0 bridgehead atoms. The SMILES string of the molecule is CC(C)(C)OC(=O)[C@H]1N[C@@H]1CCc1ccccc1. The van der Waals surface area contributed by atoms with Gasteiger partial charge in [-0.25, -0.2) is 0 Å². The molecule has 0 saturated carbocycles. The number of carbonyl (C=O) groups excluding carboxylic acids is 1. The summed E-state index contributed by atoms with van der Waals surface area (Å²) in [6, 6.07) is 10.5. The number of carbonyl (C=O) groups is 1. The first kappa shape index (κ1) is 13.1. The van der Waals surface area contributed by atoms with E-state index in [1.807, 2.05) is 39.0 Å². The summed E-state index contributed by atoms with van der Waals surface area (Å²) in [5.74, 6) is -0.124. The van der Waals surface area contributed by atoms with E-state index in [4.69, 9.17) is 4.74 Å². The average Bonchev–Trinajstić information content (AvgIpc) is 3.05. The molecule has 1 aromatic carbocycles. The molecule has 1 aliphatic heterocycles. The molecule has 0 radical (unpaired) electrons. The van der Waals surface area contributed by atoms with Crippen molar-refractivity contribution in [2.75, 3.05) is 0 Å². The second-order valence-electron chi connectivity index (χ2n) is 5.81. The third kappa shape index (κ3) is 3.84. The van der Waals surface area contributed by atoms with Crippen molar-refractivity contribution in [3.05, 3.63) is 35.9 Å². The van der Waals surface area contributed by atoms with Gasteiger partial charge < -0.3 is 4.74 Å². The molecule has 98 valence electrons. The molecule has 0 unspecified atom stereocenters. The fraction of sp³-hybridized carbons (Fsp3) is 0.533. The Morgan fingerprint density at radius 3 is 2.56 bits per heavy atom. The van der Waals surface area contributed by atoms with Crippen LogP contribution in [0, 0.1) is 0 Å². The summed E-state index contributed by atoms with van der Waals surface area (Å²) in [7, 11) is 0. The minimum atomic E-state index is -0.397. The van der Waals surface area contributed by atoms with Gasteiger partial charge >= 0.3 is 5.97 Å². The van der Waals surface area contributed by atoms with Gasteiger partial charge in [0.05, 0.1) is 0 Å². The van der Waals surface area contributed by atoms with Crippen LogP contribution in [0.15, 0.2) is 30.3 Å². The lowest BCUT2D eigenvalue weighted by atomic mass is 10.1. The molecule has 3 nitrogen and oxygen atoms in total. The molecule has 1 N–H and O–H groups in total. The average molecular weight is 247 g/mol. The van der Waals surface area contributed by atoms with Crippen LogP contribution in [0.1, 0.15) is 32.8 Å². The molecule has 2 rings (SSSR count). The van der Waals surface area contributed by atoms with Crippen LogP contribution >= 0.6 is 0 Å². The fourth-order valence-electron chi connectivity index (χ4n) is 1.99. The maximum absolute atomic E-state index is 11.8. The van der Waals surface area contributed by atoms with Gasteiger partial charge in [0.25, 0.3) is 0 Å². The lowest BCUT2D eigenvalue weighted by Crippen LogP contribution is -2.28. The fourth-order valence-corrected chi connectivity index (χ4v) is 1.99. The van der Waals surface area contributed by atoms with Crippen LogP contribution in [0.5, 0.6) is 0 Å². The molecule has 1 fully saturated rings. The minimum absolute atomic E-state index is 0.104. The van der Waals surface area contributed by atoms with Crippen LogP contribution < -0.4 is 5.32 Å². The molecule has 0 aromatic heterocycles. The number of hydrogen-bond donors (Lipinski definition) is 1. The molecule has 2 atom stereocenters. The number of hydrogen-bond acceptors (Lipinski definition) is 3. The zero-order valence-corrected chi connectivity index (χ0v) is 11.3. The van der Waals surface area contributed by atoms with E-state index in [2.05, 4.69) is 17.4 Å². The lowest BCUT2D eigenvalue weighted by molar-refractivity contribution is -0.154. The van der Waals surface area contributed by atoms with Gasteiger partial charge in [0, 0.05) is 6.04 Å². The van der Waals surface area contributed by atoms with Gasteiger partial charge in [-0.15, -0.1) is 0 Å². The predicted molar refractivity (Wildman–Crippen MR) is 71.3 cm³/mol. The molecular formula is C15H21NO2. The predicted octanol–water partition coefficient (Wildman–Crippen LogP) is 2.30. The van der Waals surface area contributed by atoms with Gasteiger partial charge in [-0.05, 0) is 39.2 Å². The summed E-state index contributed by atoms with van der Waals surface area (Å²) in [6.45, 7) is 5.69. The molecular weight excluding hydrogens is 226 g/mol. The molecule has 1 aromatic rings. The van der Waals surface area contributed by atoms with Gasteiger partial charge in [0.15, 0.2) is 0 Å². The van der Waals surface area contributed by atoms with E-state index in [1.165, 1.54) is 5.56 Å². The first-order valence-electron chi connectivity index (χ1n) is 6.48. The van der Waals surface area contributed by atoms with Crippen molar-refractivity contribution in [3.63, 3.8) is 0 Å². The lowest BCUT2D eigenvalue weighted by Gasteiger charge is -2.19. The Kier molecular flexibility index (Phi) is 3.71. The van der Waals surface area contributed by atoms with Crippen molar-refractivity contribution >= 4 is 5.97 Å². The third-order valence-electron chi connectivity index (χ3n) is 2.93. The first-order chi connectivity index (χ1) is 8.46. The Hall–Kier alpha value is -1.35. The Morgan fingerprint density at radius 1 is 1.28 bits per heavy atom. The second-order valence-corrected chi connectivity index (χ2v) is 5.81. The number of esters is 1. The Morgan fingerprint density at radius 2 is 1.94 bits per heavy atom. The highest BCUT2D eigenvalue weighted by molar-refractivity contribution is 5.80. The second kappa shape index (κ2) is 5.11. The summed E-state index contributed by atoms with van der Waals surface area (Å²) >= 11 is 0. The normalized spacial score (nSPS) is 22.6. The van der Waals surface area contributed by atoms with Crippen LogP contribution in [0.3, 0.4) is 0 Å². The van der Waals surface area contributed by atoms with Gasteiger partial charge in [0.2, 0.25) is 0 Å². The maximum Gasteiger partial charge on any atom is 0.325 e. The molecule has 0 spiro atoms. The summed E-state index contributed by atoms with van der Waals surface area (Å²) in [5.41, 5.74) is 0.917. The quantitative estimate of drug-likeness (QED) is 0.656. The Balaban J connectivity index is 1.74. The van der Waals surface area contributed by atoms with Crippen LogP contribution in [-0.2, 0) is 16.0 Å². The van der Waals surface area contributed by atoms with Gasteiger partial charge in [-0.3, -0.25) is 10.1 Å². The first-order valence-corrected chi connectivity index (χ1v) is 6.48. The summed E-state index contributed by atoms with van der Waals surface area (Å²) in [4.78, 5) is 11.8. The number of nitrogens with one attached hydrogen (secondary N) is 1. The molecule has 0 amide bonds. The van der Waals surface area contributed by atoms with Gasteiger partial charge in [-0.1, -0.05) is 30.3 Å². The van der Waals surface area contributed by atoms with Gasteiger partial charge in [-0.2, -0.15) is 0 Å². The van der Waals surface area contributed by atoms with Gasteiger partial charge in [0.1, 0.15) is 11.6 Å². The molecule has 0 aliphatic carbocycles. The Bertz CT molecular complexity index is 408. The molecule has 1 saturated heterocycles. The zero-order valence-electron chi connectivity index (χ0n) is 11.3. The molecule has 1 heterocycles. The van der Waals surface area contributed by atoms with Crippen molar-refractivity contribution in [2.24, 2.45) is 0 Å². The van der Waals surface area contributed by atoms with E-state index in [-0.39, 0.29) is 18.1 Å². The smallest absolute Gasteiger partial charge is 0.325 e. The van der Waals surface area contributed by atoms with E-state index in [9.17, 15) is 4.79 Å². The zero-order chi connectivity index (χ0) is 13.2. The van der Waals surface area contributed by atoms with Crippen molar-refractivity contribution in [1.82, 2.24) is 5.32 Å². The maximum atomic E-state index is 11.8. The molecule has 3 heteroatoms. The third-order valence-corrected chi connectivity index (χ3v) is 2.93. The minimum Gasteiger partial charge on any atom is -0.459 e. The number of rotatable bonds is 4. The standard InChI is InChI=1S/C15H21NO2/c1-15(2,3)18-14(17)13-12(16-13)10-9-11-7-5-4-6-8-11/h4-8,12-13,16H,9-10H2,1-3H3/t12-,13+/m1/s1. The monoisotopic (exact) mass is 247 g/mol. The highest BCUT2D eigenvalue weighted by atomic mass is 16.6. The Labute approximate surface area is 109 Å². The van der Waals surface area contributed by atoms with E-state index in [1.54, 1.807) is 0 Å². The number of aryl methyl sites for hydroxylation is 1. The van der Waals surface area contributed by atoms with E-state index < -0.39 is 5.60 Å². The number of ether oxygens (including phenoxy) is 1. The largest absolute Gasteiger partial charge is 0.459 e. The molecule has 18 heavy (non-hydrogen) atoms. The van der Waals surface area contributed by atoms with E-state index >= 15 is 0 Å². The van der Waals surface area contributed by atoms with Crippen LogP contribution in [0.4, 0.5) is 0 Å². The summed E-state index contributed by atoms with van der Waals surface area (Å²) in [6.07, 6.45) is 1.98. The van der Waals surface area contributed by atoms with Crippen molar-refractivity contribution in [1.29, 1.82) is 0 Å². The van der Waals surface area contributed by atoms with E-state index in [0.717, 1.165) is 12.8 Å². The highest BCUT2D eigenvalue weighted by Crippen LogP contribution is 2.21. The van der Waals surface area contributed by atoms with Crippen LogP contribution in [0.2, 0.25) is 0 Å². The summed E-state index contributed by atoms with van der Waals surface area (Å²) < 4.78 is 5.34. The molecule has 1 aliphatic rings.